The Morgan fingerprint density at radius 2 is 2.17 bits per heavy atom. The molecule has 1 fully saturated rings. The molecule has 1 aromatic rings. The normalized spacial score (nSPS) is 18.8. The summed E-state index contributed by atoms with van der Waals surface area (Å²) in [6, 6.07) is 2.40. The maximum atomic E-state index is 3.42. The average Bonchev–Trinajstić information content (AvgIpc) is 2.47. The molecule has 1 aliphatic carbocycles. The summed E-state index contributed by atoms with van der Waals surface area (Å²) >= 11 is 0. The molecule has 2 heterocycles. The van der Waals surface area contributed by atoms with Crippen LogP contribution in [0.3, 0.4) is 0 Å². The monoisotopic (exact) mass is 244 g/mol. The zero-order valence-electron chi connectivity index (χ0n) is 11.2. The first-order valence-corrected chi connectivity index (χ1v) is 7.07. The molecule has 1 aliphatic heterocycles. The van der Waals surface area contributed by atoms with Crippen molar-refractivity contribution in [1.82, 2.24) is 5.32 Å². The average molecular weight is 244 g/mol. The van der Waals surface area contributed by atoms with Crippen molar-refractivity contribution >= 4 is 11.8 Å². The molecule has 0 aromatic carbocycles. The number of pyridine rings is 1. The Labute approximate surface area is 109 Å². The van der Waals surface area contributed by atoms with Gasteiger partial charge in [-0.15, -0.1) is 0 Å². The van der Waals surface area contributed by atoms with E-state index < -0.39 is 0 Å². The van der Waals surface area contributed by atoms with Crippen LogP contribution in [0.5, 0.6) is 0 Å². The fraction of sp³-hybridized carbons (Fsp3) is 0.533. The number of hydrogen-bond donors (Lipinski definition) is 1. The number of nitrogens with zero attached hydrogens (tertiary/aromatic N) is 2. The molecule has 0 unspecified atom stereocenters. The molecule has 1 N–H and O–H groups in total. The van der Waals surface area contributed by atoms with E-state index in [1.54, 1.807) is 0 Å². The Bertz CT molecular complexity index is 459. The highest BCUT2D eigenvalue weighted by Gasteiger charge is 2.20. The van der Waals surface area contributed by atoms with Gasteiger partial charge < -0.3 is 10.2 Å². The highest BCUT2D eigenvalue weighted by molar-refractivity contribution is 5.55. The zero-order chi connectivity index (χ0) is 12.4. The Kier molecular flexibility index (Phi) is 3.33. The molecular formula is C15H22N3+. The number of aromatic nitrogens is 1. The van der Waals surface area contributed by atoms with Gasteiger partial charge in [-0.2, -0.15) is 4.57 Å². The SMILES string of the molecule is CC[n+]1cc(N2CCNCC2)cc2c1C=CCC2. The molecule has 1 saturated heterocycles. The summed E-state index contributed by atoms with van der Waals surface area (Å²) in [6.07, 6.45) is 9.26. The van der Waals surface area contributed by atoms with Crippen LogP contribution >= 0.6 is 0 Å². The van der Waals surface area contributed by atoms with Crippen molar-refractivity contribution in [3.05, 3.63) is 29.6 Å². The molecule has 96 valence electrons. The molecule has 0 atom stereocenters. The van der Waals surface area contributed by atoms with Crippen LogP contribution in [0.25, 0.3) is 6.08 Å². The highest BCUT2D eigenvalue weighted by atomic mass is 15.2. The van der Waals surface area contributed by atoms with E-state index in [1.807, 2.05) is 0 Å². The van der Waals surface area contributed by atoms with Crippen LogP contribution in [-0.2, 0) is 13.0 Å². The minimum Gasteiger partial charge on any atom is -0.364 e. The lowest BCUT2D eigenvalue weighted by molar-refractivity contribution is -0.695. The van der Waals surface area contributed by atoms with Gasteiger partial charge in [0, 0.05) is 37.8 Å². The van der Waals surface area contributed by atoms with Gasteiger partial charge in [-0.1, -0.05) is 6.08 Å². The van der Waals surface area contributed by atoms with Crippen molar-refractivity contribution in [2.75, 3.05) is 31.1 Å². The largest absolute Gasteiger partial charge is 0.364 e. The summed E-state index contributed by atoms with van der Waals surface area (Å²) in [7, 11) is 0. The lowest BCUT2D eigenvalue weighted by Gasteiger charge is -2.29. The number of fused-ring (bicyclic) bond motifs is 1. The molecule has 3 rings (SSSR count). The van der Waals surface area contributed by atoms with Crippen LogP contribution in [0, 0.1) is 0 Å². The summed E-state index contributed by atoms with van der Waals surface area (Å²) < 4.78 is 2.39. The standard InChI is InChI=1S/C15H22N3/c1-2-17-12-14(18-9-7-16-8-10-18)11-13-5-3-4-6-15(13)17/h4,6,11-12,16H,2-3,5,7-10H2,1H3/q+1. The Morgan fingerprint density at radius 3 is 2.94 bits per heavy atom. The van der Waals surface area contributed by atoms with E-state index in [1.165, 1.54) is 29.8 Å². The number of hydrogen-bond acceptors (Lipinski definition) is 2. The minimum atomic E-state index is 1.05. The predicted octanol–water partition coefficient (Wildman–Crippen LogP) is 1.36. The summed E-state index contributed by atoms with van der Waals surface area (Å²) in [4.78, 5) is 2.50. The topological polar surface area (TPSA) is 19.1 Å². The molecule has 2 aliphatic rings. The quantitative estimate of drug-likeness (QED) is 0.792. The second kappa shape index (κ2) is 5.11. The predicted molar refractivity (Wildman–Crippen MR) is 74.7 cm³/mol. The molecule has 0 spiro atoms. The van der Waals surface area contributed by atoms with E-state index in [0.29, 0.717) is 0 Å². The molecule has 3 heteroatoms. The van der Waals surface area contributed by atoms with E-state index in [2.05, 4.69) is 46.1 Å². The molecule has 18 heavy (non-hydrogen) atoms. The maximum Gasteiger partial charge on any atom is 0.208 e. The van der Waals surface area contributed by atoms with E-state index in [4.69, 9.17) is 0 Å². The van der Waals surface area contributed by atoms with E-state index in [9.17, 15) is 0 Å². The zero-order valence-corrected chi connectivity index (χ0v) is 11.2. The summed E-state index contributed by atoms with van der Waals surface area (Å²) in [5, 5.41) is 3.42. The van der Waals surface area contributed by atoms with Crippen molar-refractivity contribution in [1.29, 1.82) is 0 Å². The number of piperazine rings is 1. The van der Waals surface area contributed by atoms with Crippen LogP contribution in [0.4, 0.5) is 5.69 Å². The number of anilines is 1. The fourth-order valence-electron chi connectivity index (χ4n) is 2.90. The number of nitrogens with one attached hydrogen (secondary N) is 1. The summed E-state index contributed by atoms with van der Waals surface area (Å²) in [5.41, 5.74) is 4.31. The Morgan fingerprint density at radius 1 is 1.33 bits per heavy atom. The fourth-order valence-corrected chi connectivity index (χ4v) is 2.90. The van der Waals surface area contributed by atoms with E-state index >= 15 is 0 Å². The lowest BCUT2D eigenvalue weighted by Crippen LogP contribution is -2.45. The van der Waals surface area contributed by atoms with Crippen LogP contribution in [-0.4, -0.2) is 26.2 Å². The van der Waals surface area contributed by atoms with E-state index in [0.717, 1.165) is 32.7 Å². The molecule has 0 amide bonds. The van der Waals surface area contributed by atoms with Gasteiger partial charge in [-0.3, -0.25) is 0 Å². The molecule has 3 nitrogen and oxygen atoms in total. The van der Waals surface area contributed by atoms with Crippen LogP contribution < -0.4 is 14.8 Å². The molecule has 0 radical (unpaired) electrons. The number of rotatable bonds is 2. The third kappa shape index (κ3) is 2.15. The third-order valence-electron chi connectivity index (χ3n) is 3.93. The second-order valence-electron chi connectivity index (χ2n) is 5.07. The van der Waals surface area contributed by atoms with Gasteiger partial charge in [0.15, 0.2) is 6.20 Å². The summed E-state index contributed by atoms with van der Waals surface area (Å²) in [5.74, 6) is 0. The van der Waals surface area contributed by atoms with Crippen molar-refractivity contribution in [2.24, 2.45) is 0 Å². The second-order valence-corrected chi connectivity index (χ2v) is 5.07. The first-order chi connectivity index (χ1) is 8.88. The van der Waals surface area contributed by atoms with E-state index in [-0.39, 0.29) is 0 Å². The third-order valence-corrected chi connectivity index (χ3v) is 3.93. The van der Waals surface area contributed by atoms with Crippen molar-refractivity contribution in [2.45, 2.75) is 26.3 Å². The number of allylic oxidation sites excluding steroid dienone is 1. The van der Waals surface area contributed by atoms with Gasteiger partial charge in [-0.05, 0) is 25.8 Å². The van der Waals surface area contributed by atoms with Crippen LogP contribution in [0.1, 0.15) is 24.6 Å². The maximum absolute atomic E-state index is 3.42. The summed E-state index contributed by atoms with van der Waals surface area (Å²) in [6.45, 7) is 7.72. The molecule has 0 bridgehead atoms. The lowest BCUT2D eigenvalue weighted by atomic mass is 10.0. The Balaban J connectivity index is 1.98. The molecule has 0 saturated carbocycles. The van der Waals surface area contributed by atoms with Crippen molar-refractivity contribution in [3.8, 4) is 0 Å². The highest BCUT2D eigenvalue weighted by Crippen LogP contribution is 2.22. The van der Waals surface area contributed by atoms with Gasteiger partial charge in [0.25, 0.3) is 0 Å². The first-order valence-electron chi connectivity index (χ1n) is 7.07. The van der Waals surface area contributed by atoms with Gasteiger partial charge in [0.2, 0.25) is 5.69 Å². The van der Waals surface area contributed by atoms with Crippen molar-refractivity contribution in [3.63, 3.8) is 0 Å². The van der Waals surface area contributed by atoms with Gasteiger partial charge >= 0.3 is 0 Å². The van der Waals surface area contributed by atoms with Crippen molar-refractivity contribution < 1.29 is 4.57 Å². The van der Waals surface area contributed by atoms with Gasteiger partial charge in [0.05, 0.1) is 0 Å². The smallest absolute Gasteiger partial charge is 0.208 e. The van der Waals surface area contributed by atoms with Crippen LogP contribution in [0.15, 0.2) is 18.3 Å². The number of aryl methyl sites for hydroxylation is 2. The van der Waals surface area contributed by atoms with Gasteiger partial charge in [-0.25, -0.2) is 0 Å². The minimum absolute atomic E-state index is 1.05. The van der Waals surface area contributed by atoms with Gasteiger partial charge in [0.1, 0.15) is 12.2 Å². The molecular weight excluding hydrogens is 222 g/mol. The first kappa shape index (κ1) is 11.7. The molecule has 1 aromatic heterocycles. The Hall–Kier alpha value is -1.35. The van der Waals surface area contributed by atoms with Crippen LogP contribution in [0.2, 0.25) is 0 Å².